The van der Waals surface area contributed by atoms with Crippen molar-refractivity contribution in [1.29, 1.82) is 0 Å². The van der Waals surface area contributed by atoms with Gasteiger partial charge in [0.15, 0.2) is 0 Å². The van der Waals surface area contributed by atoms with Crippen LogP contribution in [0, 0.1) is 0 Å². The van der Waals surface area contributed by atoms with Gasteiger partial charge in [-0.1, -0.05) is 29.3 Å². The lowest BCUT2D eigenvalue weighted by Crippen LogP contribution is -2.06. The number of alkyl halides is 1. The summed E-state index contributed by atoms with van der Waals surface area (Å²) in [5, 5.41) is 1.02. The Kier molecular flexibility index (Phi) is 4.72. The predicted molar refractivity (Wildman–Crippen MR) is 60.1 cm³/mol. The summed E-state index contributed by atoms with van der Waals surface area (Å²) in [6.07, 6.45) is 0.154. The van der Waals surface area contributed by atoms with E-state index in [1.165, 1.54) is 0 Å². The Balaban J connectivity index is 2.72. The second-order valence-corrected chi connectivity index (χ2v) is 3.84. The van der Waals surface area contributed by atoms with Crippen LogP contribution in [-0.4, -0.2) is 11.5 Å². The smallest absolute Gasteiger partial charge is 0.311 e. The van der Waals surface area contributed by atoms with Crippen LogP contribution < -0.4 is 0 Å². The minimum absolute atomic E-state index is 0.154. The fourth-order valence-corrected chi connectivity index (χ4v) is 1.66. The number of carbonyl (C=O) groups excluding carboxylic acids is 1. The first kappa shape index (κ1) is 11.8. The minimum Gasteiger partial charge on any atom is -0.454 e. The first-order valence-corrected chi connectivity index (χ1v) is 5.66. The Hall–Kier alpha value is -0.250. The van der Waals surface area contributed by atoms with Crippen molar-refractivity contribution in [3.8, 4) is 0 Å². The van der Waals surface area contributed by atoms with E-state index in [1.807, 2.05) is 0 Å². The van der Waals surface area contributed by atoms with Crippen molar-refractivity contribution in [2.45, 2.75) is 6.42 Å². The highest BCUT2D eigenvalue weighted by atomic mass is 79.9. The van der Waals surface area contributed by atoms with E-state index < -0.39 is 0 Å². The van der Waals surface area contributed by atoms with Crippen molar-refractivity contribution < 1.29 is 9.53 Å². The van der Waals surface area contributed by atoms with E-state index in [2.05, 4.69) is 15.9 Å². The number of halogens is 3. The topological polar surface area (TPSA) is 26.3 Å². The second kappa shape index (κ2) is 5.59. The molecule has 0 radical (unpaired) electrons. The lowest BCUT2D eigenvalue weighted by atomic mass is 10.1. The number of carbonyl (C=O) groups is 1. The van der Waals surface area contributed by atoms with Gasteiger partial charge in [-0.25, -0.2) is 0 Å². The quantitative estimate of drug-likeness (QED) is 0.631. The van der Waals surface area contributed by atoms with Gasteiger partial charge in [0.1, 0.15) is 5.52 Å². The molecule has 2 nitrogen and oxygen atoms in total. The van der Waals surface area contributed by atoms with Crippen LogP contribution in [0.2, 0.25) is 10.0 Å². The molecule has 0 saturated heterocycles. The van der Waals surface area contributed by atoms with Crippen LogP contribution in [0.5, 0.6) is 0 Å². The Bertz CT molecular complexity index is 342. The average molecular weight is 298 g/mol. The van der Waals surface area contributed by atoms with Crippen LogP contribution in [0.4, 0.5) is 0 Å². The molecule has 0 atom stereocenters. The summed E-state index contributed by atoms with van der Waals surface area (Å²) in [7, 11) is 0. The van der Waals surface area contributed by atoms with Gasteiger partial charge >= 0.3 is 5.97 Å². The van der Waals surface area contributed by atoms with E-state index >= 15 is 0 Å². The molecule has 5 heteroatoms. The van der Waals surface area contributed by atoms with Crippen LogP contribution in [0.25, 0.3) is 0 Å². The molecule has 0 saturated carbocycles. The predicted octanol–water partition coefficient (Wildman–Crippen LogP) is 3.43. The van der Waals surface area contributed by atoms with Crippen molar-refractivity contribution in [3.63, 3.8) is 0 Å². The molecule has 0 unspecified atom stereocenters. The van der Waals surface area contributed by atoms with E-state index in [4.69, 9.17) is 27.9 Å². The second-order valence-electron chi connectivity index (χ2n) is 2.54. The van der Waals surface area contributed by atoms with E-state index in [1.54, 1.807) is 18.2 Å². The number of esters is 1. The van der Waals surface area contributed by atoms with Gasteiger partial charge in [-0.3, -0.25) is 4.79 Å². The number of benzene rings is 1. The molecule has 0 aromatic heterocycles. The first-order valence-electron chi connectivity index (χ1n) is 3.79. The van der Waals surface area contributed by atoms with E-state index in [9.17, 15) is 4.79 Å². The van der Waals surface area contributed by atoms with Crippen molar-refractivity contribution in [3.05, 3.63) is 33.8 Å². The van der Waals surface area contributed by atoms with Gasteiger partial charge in [0.25, 0.3) is 0 Å². The van der Waals surface area contributed by atoms with Crippen LogP contribution >= 0.6 is 39.1 Å². The van der Waals surface area contributed by atoms with Crippen LogP contribution in [-0.2, 0) is 16.0 Å². The zero-order chi connectivity index (χ0) is 10.6. The van der Waals surface area contributed by atoms with Gasteiger partial charge < -0.3 is 4.74 Å². The molecule has 14 heavy (non-hydrogen) atoms. The highest BCUT2D eigenvalue weighted by Crippen LogP contribution is 2.21. The van der Waals surface area contributed by atoms with Gasteiger partial charge in [0.05, 0.1) is 6.42 Å². The third-order valence-electron chi connectivity index (χ3n) is 1.57. The standard InChI is InChI=1S/C9H7BrCl2O2/c10-5-14-9(13)3-6-1-2-7(11)4-8(6)12/h1-2,4H,3,5H2. The largest absolute Gasteiger partial charge is 0.454 e. The van der Waals surface area contributed by atoms with E-state index in [0.29, 0.717) is 15.6 Å². The lowest BCUT2D eigenvalue weighted by molar-refractivity contribution is -0.140. The number of ether oxygens (including phenoxy) is 1. The molecule has 76 valence electrons. The fraction of sp³-hybridized carbons (Fsp3) is 0.222. The SMILES string of the molecule is O=C(Cc1ccc(Cl)cc1Cl)OCBr. The van der Waals surface area contributed by atoms with Crippen molar-refractivity contribution >= 4 is 45.1 Å². The summed E-state index contributed by atoms with van der Waals surface area (Å²) >= 11 is 14.6. The molecule has 0 aliphatic carbocycles. The van der Waals surface area contributed by atoms with Gasteiger partial charge in [-0.15, -0.1) is 0 Å². The van der Waals surface area contributed by atoms with E-state index in [0.717, 1.165) is 0 Å². The summed E-state index contributed by atoms with van der Waals surface area (Å²) in [4.78, 5) is 11.1. The first-order chi connectivity index (χ1) is 6.63. The fourth-order valence-electron chi connectivity index (χ4n) is 0.932. The Labute approximate surface area is 100 Å². The molecule has 0 aliphatic heterocycles. The Morgan fingerprint density at radius 1 is 1.43 bits per heavy atom. The van der Waals surface area contributed by atoms with E-state index in [-0.39, 0.29) is 17.9 Å². The third kappa shape index (κ3) is 3.48. The van der Waals surface area contributed by atoms with Gasteiger partial charge in [-0.05, 0) is 33.6 Å². The molecular formula is C9H7BrCl2O2. The minimum atomic E-state index is -0.328. The molecular weight excluding hydrogens is 291 g/mol. The highest BCUT2D eigenvalue weighted by Gasteiger charge is 2.07. The summed E-state index contributed by atoms with van der Waals surface area (Å²) in [5.41, 5.74) is 0.902. The molecule has 0 heterocycles. The van der Waals surface area contributed by atoms with Crippen LogP contribution in [0.15, 0.2) is 18.2 Å². The Morgan fingerprint density at radius 3 is 2.71 bits per heavy atom. The van der Waals surface area contributed by atoms with Crippen molar-refractivity contribution in [2.75, 3.05) is 5.52 Å². The van der Waals surface area contributed by atoms with Crippen molar-refractivity contribution in [2.24, 2.45) is 0 Å². The van der Waals surface area contributed by atoms with Crippen LogP contribution in [0.3, 0.4) is 0 Å². The van der Waals surface area contributed by atoms with Gasteiger partial charge in [0.2, 0.25) is 0 Å². The molecule has 1 aromatic rings. The maximum atomic E-state index is 11.1. The maximum absolute atomic E-state index is 11.1. The molecule has 0 bridgehead atoms. The lowest BCUT2D eigenvalue weighted by Gasteiger charge is -2.03. The van der Waals surface area contributed by atoms with Crippen molar-refractivity contribution in [1.82, 2.24) is 0 Å². The summed E-state index contributed by atoms with van der Waals surface area (Å²) < 4.78 is 4.72. The third-order valence-corrected chi connectivity index (χ3v) is 2.38. The number of hydrogen-bond donors (Lipinski definition) is 0. The summed E-state index contributed by atoms with van der Waals surface area (Å²) in [6, 6.07) is 4.99. The molecule has 1 rings (SSSR count). The molecule has 0 N–H and O–H groups in total. The maximum Gasteiger partial charge on any atom is 0.311 e. The van der Waals surface area contributed by atoms with Crippen LogP contribution in [0.1, 0.15) is 5.56 Å². The summed E-state index contributed by atoms with van der Waals surface area (Å²) in [6.45, 7) is 0. The molecule has 1 aromatic carbocycles. The monoisotopic (exact) mass is 296 g/mol. The summed E-state index contributed by atoms with van der Waals surface area (Å²) in [5.74, 6) is -0.328. The number of hydrogen-bond acceptors (Lipinski definition) is 2. The van der Waals surface area contributed by atoms with Gasteiger partial charge in [-0.2, -0.15) is 0 Å². The number of rotatable bonds is 3. The zero-order valence-electron chi connectivity index (χ0n) is 7.10. The zero-order valence-corrected chi connectivity index (χ0v) is 10.2. The normalized spacial score (nSPS) is 9.93. The highest BCUT2D eigenvalue weighted by molar-refractivity contribution is 9.09. The molecule has 0 spiro atoms. The molecule has 0 amide bonds. The van der Waals surface area contributed by atoms with Gasteiger partial charge in [0, 0.05) is 10.0 Å². The molecule has 0 aliphatic rings. The average Bonchev–Trinajstić information content (AvgIpc) is 2.10. The molecule has 0 fully saturated rings. The Morgan fingerprint density at radius 2 is 2.14 bits per heavy atom.